The molecule has 0 amide bonds. The van der Waals surface area contributed by atoms with E-state index in [0.29, 0.717) is 0 Å². The molecule has 0 radical (unpaired) electrons. The van der Waals surface area contributed by atoms with E-state index in [-0.39, 0.29) is 0 Å². The Morgan fingerprint density at radius 2 is 2.00 bits per heavy atom. The molecule has 0 aromatic heterocycles. The van der Waals surface area contributed by atoms with Crippen LogP contribution in [0.15, 0.2) is 0 Å². The number of hydrogen-bond acceptors (Lipinski definition) is 2. The summed E-state index contributed by atoms with van der Waals surface area (Å²) in [5.74, 6) is 0. The number of hydrogen-bond donors (Lipinski definition) is 0. The summed E-state index contributed by atoms with van der Waals surface area (Å²) in [6, 6.07) is 0. The molecule has 0 rings (SSSR count). The molecule has 0 spiro atoms. The van der Waals surface area contributed by atoms with Gasteiger partial charge in [-0.2, -0.15) is 0 Å². The summed E-state index contributed by atoms with van der Waals surface area (Å²) < 4.78 is -0.650. The molecule has 0 aliphatic heterocycles. The van der Waals surface area contributed by atoms with Crippen LogP contribution in [0.2, 0.25) is 0 Å². The van der Waals surface area contributed by atoms with Gasteiger partial charge in [-0.15, -0.1) is 0 Å². The molecular weight excluding hydrogens is 167 g/mol. The fourth-order valence-electron chi connectivity index (χ4n) is 0.0303. The van der Waals surface area contributed by atoms with Gasteiger partial charge >= 0.3 is 0 Å². The van der Waals surface area contributed by atoms with Gasteiger partial charge in [-0.3, -0.25) is 4.79 Å². The highest BCUT2D eigenvalue weighted by Gasteiger charge is 2.25. The lowest BCUT2D eigenvalue weighted by Gasteiger charge is -2.12. The van der Waals surface area contributed by atoms with Crippen LogP contribution in [0.25, 0.3) is 0 Å². The Morgan fingerprint density at radius 3 is 2.00 bits per heavy atom. The van der Waals surface area contributed by atoms with Crippen LogP contribution in [-0.4, -0.2) is 9.99 Å². The minimum Gasteiger partial charge on any atom is -0.280 e. The molecule has 0 unspecified atom stereocenters. The Kier molecular flexibility index (Phi) is 3.17. The van der Waals surface area contributed by atoms with E-state index in [4.69, 9.17) is 22.3 Å². The van der Waals surface area contributed by atoms with Crippen molar-refractivity contribution < 1.29 is 4.79 Å². The summed E-state index contributed by atoms with van der Waals surface area (Å²) >= 11 is 5.13. The third kappa shape index (κ3) is 2.25. The van der Waals surface area contributed by atoms with Crippen molar-refractivity contribution in [3.63, 3.8) is 0 Å². The van der Waals surface area contributed by atoms with Crippen molar-refractivity contribution in [3.05, 3.63) is 0 Å². The monoisotopic (exact) mass is 172 g/mol. The maximum atomic E-state index is 10.4. The second-order valence-electron chi connectivity index (χ2n) is 1.86. The lowest BCUT2D eigenvalue weighted by atomic mass is 10.2. The van der Waals surface area contributed by atoms with Crippen LogP contribution in [-0.2, 0) is 4.79 Å². The molecule has 0 aliphatic rings. The zero-order valence-electron chi connectivity index (χ0n) is 4.57. The van der Waals surface area contributed by atoms with Crippen LogP contribution < -0.4 is 0 Å². The minimum absolute atomic E-state index is 0.419. The Morgan fingerprint density at radius 1 is 1.62 bits per heavy atom. The molecule has 48 valence electrons. The van der Waals surface area contributed by atoms with Crippen molar-refractivity contribution in [2.45, 2.75) is 18.6 Å². The third-order valence-electron chi connectivity index (χ3n) is 0.666. The van der Waals surface area contributed by atoms with Gasteiger partial charge in [0.05, 0.1) is 4.75 Å². The van der Waals surface area contributed by atoms with E-state index in [2.05, 4.69) is 0 Å². The van der Waals surface area contributed by atoms with Crippen molar-refractivity contribution in [1.82, 2.24) is 0 Å². The van der Waals surface area contributed by atoms with Crippen molar-refractivity contribution >= 4 is 38.5 Å². The predicted octanol–water partition coefficient (Wildman–Crippen LogP) is 2.42. The number of carbonyl (C=O) groups excluding carboxylic acids is 1. The topological polar surface area (TPSA) is 17.1 Å². The summed E-state index contributed by atoms with van der Waals surface area (Å²) in [5.41, 5.74) is 0. The highest BCUT2D eigenvalue weighted by Crippen LogP contribution is 2.29. The first-order valence-corrected chi connectivity index (χ1v) is 4.02. The average molecular weight is 173 g/mol. The lowest BCUT2D eigenvalue weighted by molar-refractivity contribution is -0.113. The minimum atomic E-state index is -0.650. The van der Waals surface area contributed by atoms with Crippen LogP contribution in [0.4, 0.5) is 0 Å². The van der Waals surface area contributed by atoms with Crippen molar-refractivity contribution in [3.8, 4) is 0 Å². The molecule has 0 aromatic rings. The first-order valence-electron chi connectivity index (χ1n) is 2.00. The highest BCUT2D eigenvalue weighted by atomic mass is 35.7. The highest BCUT2D eigenvalue weighted by molar-refractivity contribution is 8.22. The lowest BCUT2D eigenvalue weighted by Crippen LogP contribution is -2.20. The van der Waals surface area contributed by atoms with E-state index < -0.39 is 9.99 Å². The largest absolute Gasteiger partial charge is 0.280 e. The summed E-state index contributed by atoms with van der Waals surface area (Å²) in [5, 5.41) is -0.419. The van der Waals surface area contributed by atoms with Gasteiger partial charge in [0.15, 0.2) is 0 Å². The average Bonchev–Trinajstić information content (AvgIpc) is 1.67. The molecule has 0 aliphatic carbocycles. The Labute approximate surface area is 62.2 Å². The molecule has 0 saturated heterocycles. The van der Waals surface area contributed by atoms with E-state index in [1.807, 2.05) is 0 Å². The Bertz CT molecular complexity index is 102. The van der Waals surface area contributed by atoms with Crippen LogP contribution >= 0.6 is 33.3 Å². The normalized spacial score (nSPS) is 11.5. The van der Waals surface area contributed by atoms with Gasteiger partial charge in [-0.05, 0) is 47.1 Å². The van der Waals surface area contributed by atoms with E-state index in [1.54, 1.807) is 13.8 Å². The molecular formula is C4H6Cl2OS. The fourth-order valence-corrected chi connectivity index (χ4v) is 0.535. The smallest absolute Gasteiger partial charge is 0.238 e. The molecule has 4 heteroatoms. The van der Waals surface area contributed by atoms with Crippen LogP contribution in [0, 0.1) is 0 Å². The molecule has 0 saturated carbocycles. The van der Waals surface area contributed by atoms with Crippen LogP contribution in [0.5, 0.6) is 0 Å². The summed E-state index contributed by atoms with van der Waals surface area (Å²) in [4.78, 5) is 10.4. The Balaban J connectivity index is 3.91. The number of rotatable bonds is 2. The van der Waals surface area contributed by atoms with Gasteiger partial charge < -0.3 is 0 Å². The standard InChI is InChI=1S/C4H6Cl2OS/c1-4(2,8-6)3(5)7/h1-2H3. The second kappa shape index (κ2) is 2.95. The van der Waals surface area contributed by atoms with Gasteiger partial charge in [0.1, 0.15) is 0 Å². The van der Waals surface area contributed by atoms with E-state index >= 15 is 0 Å². The second-order valence-corrected chi connectivity index (χ2v) is 3.84. The maximum Gasteiger partial charge on any atom is 0.238 e. The van der Waals surface area contributed by atoms with Gasteiger partial charge in [0.25, 0.3) is 0 Å². The van der Waals surface area contributed by atoms with E-state index in [1.165, 1.54) is 0 Å². The van der Waals surface area contributed by atoms with Crippen molar-refractivity contribution in [2.75, 3.05) is 0 Å². The van der Waals surface area contributed by atoms with Gasteiger partial charge in [-0.25, -0.2) is 0 Å². The van der Waals surface area contributed by atoms with Gasteiger partial charge in [-0.1, -0.05) is 0 Å². The molecule has 0 N–H and O–H groups in total. The number of carbonyl (C=O) groups is 1. The first-order chi connectivity index (χ1) is 3.50. The summed E-state index contributed by atoms with van der Waals surface area (Å²) in [6.45, 7) is 3.33. The molecule has 0 aromatic carbocycles. The SMILES string of the molecule is CC(C)(SCl)C(=O)Cl. The van der Waals surface area contributed by atoms with Crippen molar-refractivity contribution in [1.29, 1.82) is 0 Å². The molecule has 0 fully saturated rings. The summed E-state index contributed by atoms with van der Waals surface area (Å²) in [7, 11) is 6.23. The van der Waals surface area contributed by atoms with Crippen LogP contribution in [0.3, 0.4) is 0 Å². The molecule has 0 heterocycles. The molecule has 0 atom stereocenters. The molecule has 0 bridgehead atoms. The first kappa shape index (κ1) is 8.60. The van der Waals surface area contributed by atoms with Crippen molar-refractivity contribution in [2.24, 2.45) is 0 Å². The van der Waals surface area contributed by atoms with E-state index in [0.717, 1.165) is 11.0 Å². The van der Waals surface area contributed by atoms with Gasteiger partial charge in [0, 0.05) is 0 Å². The molecule has 8 heavy (non-hydrogen) atoms. The third-order valence-corrected chi connectivity index (χ3v) is 2.98. The zero-order chi connectivity index (χ0) is 6.78. The van der Waals surface area contributed by atoms with Gasteiger partial charge in [0.2, 0.25) is 5.24 Å². The fraction of sp³-hybridized carbons (Fsp3) is 0.750. The Hall–Kier alpha value is 0.600. The predicted molar refractivity (Wildman–Crippen MR) is 38.4 cm³/mol. The van der Waals surface area contributed by atoms with E-state index in [9.17, 15) is 4.79 Å². The molecule has 1 nitrogen and oxygen atoms in total. The van der Waals surface area contributed by atoms with Crippen LogP contribution in [0.1, 0.15) is 13.8 Å². The quantitative estimate of drug-likeness (QED) is 0.596. The maximum absolute atomic E-state index is 10.4. The number of halogens is 2. The zero-order valence-corrected chi connectivity index (χ0v) is 6.90. The summed E-state index contributed by atoms with van der Waals surface area (Å²) in [6.07, 6.45) is 0.